The van der Waals surface area contributed by atoms with Crippen LogP contribution in [0, 0.1) is 6.92 Å². The van der Waals surface area contributed by atoms with Gasteiger partial charge in [0.15, 0.2) is 5.84 Å². The molecule has 1 aromatic heterocycles. The minimum atomic E-state index is -0.0449. The number of aliphatic imine (C=N–C) groups is 1. The van der Waals surface area contributed by atoms with Gasteiger partial charge in [-0.25, -0.2) is 9.67 Å². The van der Waals surface area contributed by atoms with Gasteiger partial charge in [-0.05, 0) is 19.9 Å². The maximum atomic E-state index is 9.07. The monoisotopic (exact) mass is 239 g/mol. The molecule has 1 rings (SSSR count). The summed E-state index contributed by atoms with van der Waals surface area (Å²) in [6.45, 7) is 7.16. The van der Waals surface area contributed by atoms with Gasteiger partial charge in [-0.1, -0.05) is 24.3 Å². The first-order valence-corrected chi connectivity index (χ1v) is 5.18. The number of aliphatic hydroxyl groups is 1. The van der Waals surface area contributed by atoms with Gasteiger partial charge >= 0.3 is 0 Å². The van der Waals surface area contributed by atoms with Crippen LogP contribution in [0.5, 0.6) is 0 Å². The number of aromatic nitrogens is 2. The van der Waals surface area contributed by atoms with E-state index >= 15 is 0 Å². The standard InChI is InChI=1S/C11H14ClN3O/c1-4-5-11(13-9(3)12)15-6-10(7-16)8(2)14-15/h4-6,16H,3,7H2,1-2H3/b5-4?,13-11+. The van der Waals surface area contributed by atoms with E-state index in [0.29, 0.717) is 5.84 Å². The normalized spacial score (nSPS) is 12.4. The molecule has 16 heavy (non-hydrogen) atoms. The Kier molecular flexibility index (Phi) is 4.46. The van der Waals surface area contributed by atoms with Crippen LogP contribution in [0.15, 0.2) is 35.1 Å². The summed E-state index contributed by atoms with van der Waals surface area (Å²) in [6.07, 6.45) is 5.31. The van der Waals surface area contributed by atoms with Crippen LogP contribution in [-0.4, -0.2) is 20.7 Å². The molecule has 0 saturated heterocycles. The molecule has 4 nitrogen and oxygen atoms in total. The molecule has 0 aromatic carbocycles. The van der Waals surface area contributed by atoms with Crippen molar-refractivity contribution in [3.05, 3.63) is 41.3 Å². The minimum absolute atomic E-state index is 0.0449. The lowest BCUT2D eigenvalue weighted by Crippen LogP contribution is -2.09. The van der Waals surface area contributed by atoms with Crippen molar-refractivity contribution in [2.45, 2.75) is 20.5 Å². The van der Waals surface area contributed by atoms with Crippen LogP contribution in [0.4, 0.5) is 0 Å². The highest BCUT2D eigenvalue weighted by Gasteiger charge is 2.06. The molecule has 0 amide bonds. The molecule has 1 N–H and O–H groups in total. The lowest BCUT2D eigenvalue weighted by atomic mass is 10.3. The predicted molar refractivity (Wildman–Crippen MR) is 65.5 cm³/mol. The van der Waals surface area contributed by atoms with Gasteiger partial charge in [0.05, 0.1) is 12.3 Å². The number of halogens is 1. The maximum absolute atomic E-state index is 9.07. The highest BCUT2D eigenvalue weighted by Crippen LogP contribution is 2.07. The smallest absolute Gasteiger partial charge is 0.154 e. The Morgan fingerprint density at radius 1 is 1.75 bits per heavy atom. The van der Waals surface area contributed by atoms with Crippen molar-refractivity contribution in [1.82, 2.24) is 9.78 Å². The average Bonchev–Trinajstić information content (AvgIpc) is 2.58. The number of allylic oxidation sites excluding steroid dienone is 2. The summed E-state index contributed by atoms with van der Waals surface area (Å²) >= 11 is 5.63. The molecule has 0 aliphatic heterocycles. The van der Waals surface area contributed by atoms with Crippen molar-refractivity contribution in [3.63, 3.8) is 0 Å². The molecule has 0 spiro atoms. The third kappa shape index (κ3) is 3.05. The molecular weight excluding hydrogens is 226 g/mol. The van der Waals surface area contributed by atoms with E-state index < -0.39 is 0 Å². The van der Waals surface area contributed by atoms with Gasteiger partial charge in [-0.3, -0.25) is 0 Å². The van der Waals surface area contributed by atoms with Crippen LogP contribution in [0.2, 0.25) is 0 Å². The molecule has 5 heteroatoms. The quantitative estimate of drug-likeness (QED) is 0.500. The van der Waals surface area contributed by atoms with Crippen molar-refractivity contribution in [3.8, 4) is 0 Å². The van der Waals surface area contributed by atoms with Crippen LogP contribution in [0.1, 0.15) is 18.2 Å². The van der Waals surface area contributed by atoms with E-state index in [9.17, 15) is 0 Å². The van der Waals surface area contributed by atoms with Gasteiger partial charge in [0.25, 0.3) is 0 Å². The summed E-state index contributed by atoms with van der Waals surface area (Å²) in [5, 5.41) is 13.5. The van der Waals surface area contributed by atoms with Crippen molar-refractivity contribution in [2.24, 2.45) is 4.99 Å². The molecular formula is C11H14ClN3O. The van der Waals surface area contributed by atoms with Gasteiger partial charge in [0, 0.05) is 11.8 Å². The zero-order valence-corrected chi connectivity index (χ0v) is 10.1. The third-order valence-corrected chi connectivity index (χ3v) is 2.04. The molecule has 0 atom stereocenters. The van der Waals surface area contributed by atoms with E-state index in [1.54, 1.807) is 17.0 Å². The predicted octanol–water partition coefficient (Wildman–Crippen LogP) is 2.22. The number of hydrogen-bond acceptors (Lipinski definition) is 3. The Hall–Kier alpha value is -1.39. The van der Waals surface area contributed by atoms with Crippen LogP contribution in [0.25, 0.3) is 0 Å². The molecule has 0 aliphatic rings. The zero-order valence-electron chi connectivity index (χ0n) is 9.31. The van der Waals surface area contributed by atoms with E-state index in [0.717, 1.165) is 11.3 Å². The molecule has 86 valence electrons. The summed E-state index contributed by atoms with van der Waals surface area (Å²) in [7, 11) is 0. The first kappa shape index (κ1) is 12.7. The van der Waals surface area contributed by atoms with E-state index in [1.807, 2.05) is 19.9 Å². The first-order chi connectivity index (χ1) is 7.58. The Morgan fingerprint density at radius 3 is 2.88 bits per heavy atom. The number of aliphatic hydroxyl groups excluding tert-OH is 1. The van der Waals surface area contributed by atoms with Gasteiger partial charge in [0.1, 0.15) is 5.16 Å². The summed E-state index contributed by atoms with van der Waals surface area (Å²) in [6, 6.07) is 0. The Bertz CT molecular complexity index is 446. The third-order valence-electron chi connectivity index (χ3n) is 1.96. The molecule has 0 fully saturated rings. The fourth-order valence-corrected chi connectivity index (χ4v) is 1.29. The van der Waals surface area contributed by atoms with Crippen LogP contribution < -0.4 is 0 Å². The Labute approximate surface area is 99.6 Å². The number of nitrogens with zero attached hydrogens (tertiary/aromatic N) is 3. The Morgan fingerprint density at radius 2 is 2.44 bits per heavy atom. The number of rotatable bonds is 3. The average molecular weight is 240 g/mol. The van der Waals surface area contributed by atoms with E-state index in [-0.39, 0.29) is 11.8 Å². The number of aryl methyl sites for hydroxylation is 1. The molecule has 0 radical (unpaired) electrons. The minimum Gasteiger partial charge on any atom is -0.392 e. The summed E-state index contributed by atoms with van der Waals surface area (Å²) in [5.41, 5.74) is 1.53. The van der Waals surface area contributed by atoms with Crippen molar-refractivity contribution in [1.29, 1.82) is 0 Å². The fraction of sp³-hybridized carbons (Fsp3) is 0.273. The first-order valence-electron chi connectivity index (χ1n) is 4.80. The molecule has 1 heterocycles. The van der Waals surface area contributed by atoms with Crippen LogP contribution >= 0.6 is 11.6 Å². The summed E-state index contributed by atoms with van der Waals surface area (Å²) < 4.78 is 1.56. The van der Waals surface area contributed by atoms with Gasteiger partial charge < -0.3 is 5.11 Å². The summed E-state index contributed by atoms with van der Waals surface area (Å²) in [4.78, 5) is 4.05. The summed E-state index contributed by atoms with van der Waals surface area (Å²) in [5.74, 6) is 0.560. The lowest BCUT2D eigenvalue weighted by molar-refractivity contribution is 0.281. The van der Waals surface area contributed by atoms with Crippen molar-refractivity contribution in [2.75, 3.05) is 0 Å². The van der Waals surface area contributed by atoms with E-state index in [2.05, 4.69) is 16.7 Å². The second-order valence-electron chi connectivity index (χ2n) is 3.19. The van der Waals surface area contributed by atoms with E-state index in [4.69, 9.17) is 16.7 Å². The highest BCUT2D eigenvalue weighted by atomic mass is 35.5. The fourth-order valence-electron chi connectivity index (χ4n) is 1.21. The number of hydrogen-bond donors (Lipinski definition) is 1. The van der Waals surface area contributed by atoms with Crippen molar-refractivity contribution < 1.29 is 5.11 Å². The van der Waals surface area contributed by atoms with Crippen LogP contribution in [0.3, 0.4) is 0 Å². The van der Waals surface area contributed by atoms with Gasteiger partial charge in [-0.15, -0.1) is 0 Å². The highest BCUT2D eigenvalue weighted by molar-refractivity contribution is 6.29. The van der Waals surface area contributed by atoms with Gasteiger partial charge in [-0.2, -0.15) is 5.10 Å². The molecule has 0 bridgehead atoms. The largest absolute Gasteiger partial charge is 0.392 e. The topological polar surface area (TPSA) is 50.4 Å². The SMILES string of the molecule is C=C(Cl)/N=C(\C=CC)n1cc(CO)c(C)n1. The second kappa shape index (κ2) is 5.63. The van der Waals surface area contributed by atoms with Gasteiger partial charge in [0.2, 0.25) is 0 Å². The lowest BCUT2D eigenvalue weighted by Gasteiger charge is -1.99. The molecule has 0 saturated carbocycles. The molecule has 0 aliphatic carbocycles. The van der Waals surface area contributed by atoms with E-state index in [1.165, 1.54) is 0 Å². The maximum Gasteiger partial charge on any atom is 0.154 e. The zero-order chi connectivity index (χ0) is 12.1. The molecule has 1 aromatic rings. The molecule has 0 unspecified atom stereocenters. The van der Waals surface area contributed by atoms with Crippen LogP contribution in [-0.2, 0) is 6.61 Å². The second-order valence-corrected chi connectivity index (χ2v) is 3.62. The Balaban J connectivity index is 3.16. The van der Waals surface area contributed by atoms with Crippen molar-refractivity contribution >= 4 is 17.4 Å².